The predicted molar refractivity (Wildman–Crippen MR) is 119 cm³/mol. The predicted octanol–water partition coefficient (Wildman–Crippen LogP) is 4.45. The Hall–Kier alpha value is -3.23. The number of nitrogens with zero attached hydrogens (tertiary/aromatic N) is 1. The molecule has 0 unspecified atom stereocenters. The molecule has 0 radical (unpaired) electrons. The second-order valence-corrected chi connectivity index (χ2v) is 9.58. The number of aliphatic hydroxyl groups is 1. The van der Waals surface area contributed by atoms with Gasteiger partial charge in [-0.05, 0) is 24.3 Å². The molecule has 0 atom stereocenters. The summed E-state index contributed by atoms with van der Waals surface area (Å²) in [5.41, 5.74) is 0.0486. The van der Waals surface area contributed by atoms with Crippen LogP contribution in [0, 0.1) is 0 Å². The minimum absolute atomic E-state index is 0.0488. The van der Waals surface area contributed by atoms with E-state index in [1.165, 1.54) is 18.2 Å². The maximum Gasteiger partial charge on any atom is 0.265 e. The molecule has 1 aliphatic rings. The molecule has 0 saturated carbocycles. The zero-order chi connectivity index (χ0) is 22.2. The van der Waals surface area contributed by atoms with Crippen LogP contribution >= 0.6 is 15.9 Å². The van der Waals surface area contributed by atoms with Crippen molar-refractivity contribution in [2.75, 3.05) is 6.54 Å². The van der Waals surface area contributed by atoms with Crippen LogP contribution in [0.5, 0.6) is 0 Å². The number of halogens is 1. The first-order chi connectivity index (χ1) is 14.8. The lowest BCUT2D eigenvalue weighted by Gasteiger charge is -2.31. The summed E-state index contributed by atoms with van der Waals surface area (Å²) < 4.78 is 28.2. The standard InChI is InChI=1S/C23H16BrNO5S/c24-17-12-10-15(11-13-17)19(26)14-25-21(22(27)16-6-2-1-3-7-16)23(28)18-8-4-5-9-20(18)31(25,29)30/h1-13,27H,14H2. The number of hydrogen-bond acceptors (Lipinski definition) is 5. The highest BCUT2D eigenvalue weighted by atomic mass is 79.9. The van der Waals surface area contributed by atoms with Gasteiger partial charge >= 0.3 is 0 Å². The molecule has 0 aromatic heterocycles. The van der Waals surface area contributed by atoms with Gasteiger partial charge in [0.1, 0.15) is 5.70 Å². The number of hydrogen-bond donors (Lipinski definition) is 1. The van der Waals surface area contributed by atoms with Crippen molar-refractivity contribution < 1.29 is 23.1 Å². The number of benzene rings is 3. The van der Waals surface area contributed by atoms with Crippen LogP contribution in [-0.2, 0) is 10.0 Å². The topological polar surface area (TPSA) is 91.8 Å². The van der Waals surface area contributed by atoms with Crippen molar-refractivity contribution in [3.05, 3.63) is 106 Å². The molecule has 0 amide bonds. The maximum absolute atomic E-state index is 13.4. The molecule has 156 valence electrons. The first-order valence-corrected chi connectivity index (χ1v) is 11.5. The normalized spacial score (nSPS) is 16.5. The van der Waals surface area contributed by atoms with Gasteiger partial charge in [-0.15, -0.1) is 0 Å². The van der Waals surface area contributed by atoms with Crippen molar-refractivity contribution in [2.45, 2.75) is 4.90 Å². The summed E-state index contributed by atoms with van der Waals surface area (Å²) >= 11 is 3.29. The van der Waals surface area contributed by atoms with Gasteiger partial charge in [-0.25, -0.2) is 8.42 Å². The second-order valence-electron chi connectivity index (χ2n) is 6.83. The molecule has 4 rings (SSSR count). The van der Waals surface area contributed by atoms with E-state index in [1.54, 1.807) is 60.7 Å². The summed E-state index contributed by atoms with van der Waals surface area (Å²) in [6.07, 6.45) is 0. The quantitative estimate of drug-likeness (QED) is 0.326. The van der Waals surface area contributed by atoms with Crippen LogP contribution in [0.1, 0.15) is 26.3 Å². The molecule has 0 saturated heterocycles. The van der Waals surface area contributed by atoms with Crippen LogP contribution in [0.2, 0.25) is 0 Å². The molecule has 3 aromatic rings. The van der Waals surface area contributed by atoms with E-state index in [4.69, 9.17) is 0 Å². The Morgan fingerprint density at radius 3 is 2.16 bits per heavy atom. The highest BCUT2D eigenvalue weighted by Gasteiger charge is 2.42. The Morgan fingerprint density at radius 1 is 0.871 bits per heavy atom. The van der Waals surface area contributed by atoms with Crippen molar-refractivity contribution in [1.29, 1.82) is 0 Å². The number of carbonyl (C=O) groups is 2. The molecular formula is C23H16BrNO5S. The molecule has 1 N–H and O–H groups in total. The van der Waals surface area contributed by atoms with Crippen LogP contribution in [0.15, 0.2) is 93.9 Å². The second kappa shape index (κ2) is 8.13. The fourth-order valence-corrected chi connectivity index (χ4v) is 5.23. The van der Waals surface area contributed by atoms with E-state index in [1.807, 2.05) is 0 Å². The Kier molecular flexibility index (Phi) is 5.51. The number of aliphatic hydroxyl groups excluding tert-OH is 1. The van der Waals surface area contributed by atoms with Crippen molar-refractivity contribution >= 4 is 43.3 Å². The van der Waals surface area contributed by atoms with Crippen molar-refractivity contribution in [3.63, 3.8) is 0 Å². The van der Waals surface area contributed by atoms with Gasteiger partial charge in [0.2, 0.25) is 5.78 Å². The van der Waals surface area contributed by atoms with Crippen LogP contribution in [0.3, 0.4) is 0 Å². The largest absolute Gasteiger partial charge is 0.505 e. The van der Waals surface area contributed by atoms with E-state index in [2.05, 4.69) is 15.9 Å². The Bertz CT molecular complexity index is 1320. The van der Waals surface area contributed by atoms with Gasteiger partial charge in [0.25, 0.3) is 10.0 Å². The summed E-state index contributed by atoms with van der Waals surface area (Å²) in [5, 5.41) is 10.9. The lowest BCUT2D eigenvalue weighted by molar-refractivity contribution is 0.0952. The van der Waals surface area contributed by atoms with Crippen molar-refractivity contribution in [3.8, 4) is 0 Å². The fraction of sp³-hybridized carbons (Fsp3) is 0.0435. The average molecular weight is 498 g/mol. The number of carbonyl (C=O) groups excluding carboxylic acids is 2. The van der Waals surface area contributed by atoms with Gasteiger partial charge in [0, 0.05) is 21.2 Å². The molecular weight excluding hydrogens is 482 g/mol. The zero-order valence-corrected chi connectivity index (χ0v) is 18.4. The zero-order valence-electron chi connectivity index (χ0n) is 16.0. The third-order valence-electron chi connectivity index (χ3n) is 4.89. The van der Waals surface area contributed by atoms with Crippen LogP contribution in [0.4, 0.5) is 0 Å². The van der Waals surface area contributed by atoms with Gasteiger partial charge in [-0.3, -0.25) is 13.9 Å². The first-order valence-electron chi connectivity index (χ1n) is 9.24. The third kappa shape index (κ3) is 3.80. The molecule has 3 aromatic carbocycles. The SMILES string of the molecule is O=C(CN1C(=C(O)c2ccccc2)C(=O)c2ccccc2S1(=O)=O)c1ccc(Br)cc1. The molecule has 1 heterocycles. The minimum Gasteiger partial charge on any atom is -0.505 e. The van der Waals surface area contributed by atoms with Crippen LogP contribution in [0.25, 0.3) is 5.76 Å². The van der Waals surface area contributed by atoms with Gasteiger partial charge < -0.3 is 5.11 Å². The molecule has 6 nitrogen and oxygen atoms in total. The number of allylic oxidation sites excluding steroid dienone is 1. The lowest BCUT2D eigenvalue weighted by atomic mass is 10.0. The Morgan fingerprint density at radius 2 is 1.48 bits per heavy atom. The first kappa shape index (κ1) is 21.0. The third-order valence-corrected chi connectivity index (χ3v) is 7.22. The molecule has 31 heavy (non-hydrogen) atoms. The van der Waals surface area contributed by atoms with Crippen molar-refractivity contribution in [2.24, 2.45) is 0 Å². The maximum atomic E-state index is 13.4. The van der Waals surface area contributed by atoms with E-state index < -0.39 is 39.6 Å². The number of sulfonamides is 1. The highest BCUT2D eigenvalue weighted by molar-refractivity contribution is 9.10. The van der Waals surface area contributed by atoms with E-state index >= 15 is 0 Å². The smallest absolute Gasteiger partial charge is 0.265 e. The summed E-state index contributed by atoms with van der Waals surface area (Å²) in [7, 11) is -4.26. The van der Waals surface area contributed by atoms with Gasteiger partial charge in [0.15, 0.2) is 11.5 Å². The van der Waals surface area contributed by atoms with Crippen LogP contribution in [-0.4, -0.2) is 35.9 Å². The highest BCUT2D eigenvalue weighted by Crippen LogP contribution is 2.35. The molecule has 8 heteroatoms. The minimum atomic E-state index is -4.26. The number of Topliss-reactive ketones (excluding diaryl/α,β-unsaturated/α-hetero) is 2. The van der Waals surface area contributed by atoms with Crippen molar-refractivity contribution in [1.82, 2.24) is 4.31 Å². The van der Waals surface area contributed by atoms with Crippen LogP contribution < -0.4 is 0 Å². The van der Waals surface area contributed by atoms with E-state index in [9.17, 15) is 23.1 Å². The lowest BCUT2D eigenvalue weighted by Crippen LogP contribution is -2.42. The van der Waals surface area contributed by atoms with Gasteiger partial charge in [0.05, 0.1) is 11.4 Å². The monoisotopic (exact) mass is 497 g/mol. The van der Waals surface area contributed by atoms with E-state index in [0.29, 0.717) is 4.31 Å². The number of rotatable bonds is 4. The molecule has 0 bridgehead atoms. The summed E-state index contributed by atoms with van der Waals surface area (Å²) in [6.45, 7) is -0.629. The number of fused-ring (bicyclic) bond motifs is 1. The van der Waals surface area contributed by atoms with E-state index in [-0.39, 0.29) is 21.6 Å². The van der Waals surface area contributed by atoms with E-state index in [0.717, 1.165) is 4.47 Å². The average Bonchev–Trinajstić information content (AvgIpc) is 2.78. The Labute approximate surface area is 187 Å². The molecule has 0 fully saturated rings. The Balaban J connectivity index is 1.89. The molecule has 1 aliphatic heterocycles. The fourth-order valence-electron chi connectivity index (χ4n) is 3.34. The van der Waals surface area contributed by atoms with Gasteiger partial charge in [-0.2, -0.15) is 0 Å². The van der Waals surface area contributed by atoms with Gasteiger partial charge in [-0.1, -0.05) is 70.5 Å². The summed E-state index contributed by atoms with van der Waals surface area (Å²) in [4.78, 5) is 25.9. The summed E-state index contributed by atoms with van der Waals surface area (Å²) in [6, 6.07) is 20.3. The molecule has 0 aliphatic carbocycles. The summed E-state index contributed by atoms with van der Waals surface area (Å²) in [5.74, 6) is -1.69. The number of ketones is 2. The molecule has 0 spiro atoms.